The van der Waals surface area contributed by atoms with Gasteiger partial charge in [0.05, 0.1) is 10.6 Å². The molecule has 3 aromatic rings. The summed E-state index contributed by atoms with van der Waals surface area (Å²) in [5, 5.41) is 3.15. The first-order chi connectivity index (χ1) is 15.9. The fraction of sp³-hybridized carbons (Fsp3) is 0.214. The van der Waals surface area contributed by atoms with E-state index in [4.69, 9.17) is 0 Å². The van der Waals surface area contributed by atoms with E-state index in [2.05, 4.69) is 30.4 Å². The van der Waals surface area contributed by atoms with E-state index in [9.17, 15) is 9.59 Å². The Morgan fingerprint density at radius 2 is 1.85 bits per heavy atom. The molecule has 1 N–H and O–H groups in total. The van der Waals surface area contributed by atoms with Crippen LogP contribution >= 0.6 is 11.8 Å². The summed E-state index contributed by atoms with van der Waals surface area (Å²) < 4.78 is 0. The number of hydrogen-bond acceptors (Lipinski definition) is 3. The van der Waals surface area contributed by atoms with Crippen molar-refractivity contribution in [1.29, 1.82) is 0 Å². The molecule has 0 radical (unpaired) electrons. The molecule has 0 bridgehead atoms. The van der Waals surface area contributed by atoms with Crippen LogP contribution in [0.5, 0.6) is 0 Å². The topological polar surface area (TPSA) is 49.4 Å². The van der Waals surface area contributed by atoms with E-state index < -0.39 is 0 Å². The van der Waals surface area contributed by atoms with Gasteiger partial charge in [-0.2, -0.15) is 0 Å². The Bertz CT molecular complexity index is 1200. The molecule has 0 saturated heterocycles. The van der Waals surface area contributed by atoms with Gasteiger partial charge in [0.2, 0.25) is 0 Å². The molecule has 0 spiro atoms. The van der Waals surface area contributed by atoms with Crippen LogP contribution in [0, 0.1) is 6.92 Å². The van der Waals surface area contributed by atoms with Crippen LogP contribution in [0.2, 0.25) is 0 Å². The molecule has 1 aliphatic rings. The molecule has 168 valence electrons. The summed E-state index contributed by atoms with van der Waals surface area (Å²) in [4.78, 5) is 29.3. The number of carbonyl (C=O) groups excluding carboxylic acids is 2. The van der Waals surface area contributed by atoms with Crippen molar-refractivity contribution in [2.75, 3.05) is 11.9 Å². The van der Waals surface area contributed by atoms with Crippen molar-refractivity contribution in [2.24, 2.45) is 0 Å². The molecule has 1 aliphatic heterocycles. The number of aryl methyl sites for hydroxylation is 1. The number of hydrogen-bond donors (Lipinski definition) is 1. The normalized spacial score (nSPS) is 15.3. The Morgan fingerprint density at radius 3 is 2.58 bits per heavy atom. The van der Waals surface area contributed by atoms with Crippen molar-refractivity contribution >= 4 is 35.3 Å². The standard InChI is InChI=1S/C28H28N2O2S/c1-4-23(16-20-10-6-5-7-11-20)29-27(31)22-13-14-25-24(18-22)30(3)28(32)26(33-25)17-21-12-8-9-19(2)15-21/h5-15,17-18,23H,4,16H2,1-3H3,(H,29,31). The number of thioether (sulfide) groups is 1. The lowest BCUT2D eigenvalue weighted by atomic mass is 10.0. The Labute approximate surface area is 199 Å². The number of amides is 2. The maximum atomic E-state index is 13.0. The van der Waals surface area contributed by atoms with Crippen LogP contribution in [0.25, 0.3) is 6.08 Å². The highest BCUT2D eigenvalue weighted by Crippen LogP contribution is 2.42. The molecule has 0 aromatic heterocycles. The van der Waals surface area contributed by atoms with E-state index >= 15 is 0 Å². The van der Waals surface area contributed by atoms with Gasteiger partial charge in [-0.25, -0.2) is 0 Å². The monoisotopic (exact) mass is 456 g/mol. The van der Waals surface area contributed by atoms with E-state index in [1.807, 2.05) is 67.6 Å². The van der Waals surface area contributed by atoms with Gasteiger partial charge in [-0.3, -0.25) is 9.59 Å². The fourth-order valence-electron chi connectivity index (χ4n) is 3.91. The Morgan fingerprint density at radius 1 is 1.06 bits per heavy atom. The lowest BCUT2D eigenvalue weighted by Gasteiger charge is -2.27. The first kappa shape index (κ1) is 22.9. The Hall–Kier alpha value is -3.31. The van der Waals surface area contributed by atoms with Crippen LogP contribution in [0.3, 0.4) is 0 Å². The Balaban J connectivity index is 1.52. The number of rotatable bonds is 6. The van der Waals surface area contributed by atoms with Crippen LogP contribution < -0.4 is 10.2 Å². The zero-order valence-corrected chi connectivity index (χ0v) is 20.0. The summed E-state index contributed by atoms with van der Waals surface area (Å²) in [6, 6.07) is 23.9. The van der Waals surface area contributed by atoms with E-state index in [-0.39, 0.29) is 17.9 Å². The van der Waals surface area contributed by atoms with Crippen molar-refractivity contribution in [1.82, 2.24) is 5.32 Å². The van der Waals surface area contributed by atoms with E-state index in [1.54, 1.807) is 11.9 Å². The molecule has 33 heavy (non-hydrogen) atoms. The second kappa shape index (κ2) is 10.1. The van der Waals surface area contributed by atoms with Crippen molar-refractivity contribution < 1.29 is 9.59 Å². The summed E-state index contributed by atoms with van der Waals surface area (Å²) in [5.41, 5.74) is 4.67. The smallest absolute Gasteiger partial charge is 0.264 e. The number of carbonyl (C=O) groups is 2. The molecule has 0 aliphatic carbocycles. The summed E-state index contributed by atoms with van der Waals surface area (Å²) in [5.74, 6) is -0.186. The fourth-order valence-corrected chi connectivity index (χ4v) is 5.00. The van der Waals surface area contributed by atoms with Gasteiger partial charge < -0.3 is 10.2 Å². The first-order valence-corrected chi connectivity index (χ1v) is 12.0. The van der Waals surface area contributed by atoms with Crippen LogP contribution in [0.1, 0.15) is 40.4 Å². The molecule has 3 aromatic carbocycles. The number of fused-ring (bicyclic) bond motifs is 1. The molecule has 1 unspecified atom stereocenters. The molecular formula is C28H28N2O2S. The van der Waals surface area contributed by atoms with Gasteiger partial charge in [0, 0.05) is 23.5 Å². The minimum absolute atomic E-state index is 0.0496. The third-order valence-corrected chi connectivity index (χ3v) is 6.89. The zero-order chi connectivity index (χ0) is 23.4. The molecule has 1 heterocycles. The molecule has 1 atom stereocenters. The first-order valence-electron chi connectivity index (χ1n) is 11.2. The second-order valence-corrected chi connectivity index (χ2v) is 9.42. The highest BCUT2D eigenvalue weighted by Gasteiger charge is 2.27. The summed E-state index contributed by atoms with van der Waals surface area (Å²) in [7, 11) is 1.76. The summed E-state index contributed by atoms with van der Waals surface area (Å²) in [6.45, 7) is 4.11. The average Bonchev–Trinajstić information content (AvgIpc) is 2.82. The number of nitrogens with zero attached hydrogens (tertiary/aromatic N) is 1. The van der Waals surface area contributed by atoms with E-state index in [0.717, 1.165) is 34.6 Å². The maximum Gasteiger partial charge on any atom is 0.264 e. The quantitative estimate of drug-likeness (QED) is 0.473. The maximum absolute atomic E-state index is 13.0. The van der Waals surface area contributed by atoms with E-state index in [1.165, 1.54) is 17.3 Å². The van der Waals surface area contributed by atoms with Gasteiger partial charge in [0.15, 0.2) is 0 Å². The van der Waals surface area contributed by atoms with Gasteiger partial charge in [0.25, 0.3) is 11.8 Å². The van der Waals surface area contributed by atoms with Crippen molar-refractivity contribution in [3.05, 3.63) is 100.0 Å². The largest absolute Gasteiger partial charge is 0.349 e. The summed E-state index contributed by atoms with van der Waals surface area (Å²) >= 11 is 1.45. The molecule has 4 nitrogen and oxygen atoms in total. The molecule has 4 rings (SSSR count). The third-order valence-electron chi connectivity index (χ3n) is 5.81. The van der Waals surface area contributed by atoms with Crippen LogP contribution in [-0.2, 0) is 11.2 Å². The molecule has 5 heteroatoms. The SMILES string of the molecule is CCC(Cc1ccccc1)NC(=O)c1ccc2c(c1)N(C)C(=O)C(=Cc1cccc(C)c1)S2. The predicted molar refractivity (Wildman–Crippen MR) is 137 cm³/mol. The molecule has 0 saturated carbocycles. The highest BCUT2D eigenvalue weighted by atomic mass is 32.2. The molecule has 2 amide bonds. The van der Waals surface area contributed by atoms with Gasteiger partial charge in [-0.15, -0.1) is 0 Å². The minimum Gasteiger partial charge on any atom is -0.349 e. The highest BCUT2D eigenvalue weighted by molar-refractivity contribution is 8.04. The van der Waals surface area contributed by atoms with Crippen molar-refractivity contribution in [3.63, 3.8) is 0 Å². The van der Waals surface area contributed by atoms with Crippen LogP contribution in [0.15, 0.2) is 82.6 Å². The average molecular weight is 457 g/mol. The van der Waals surface area contributed by atoms with Gasteiger partial charge in [-0.05, 0) is 55.2 Å². The number of nitrogens with one attached hydrogen (secondary N) is 1. The third kappa shape index (κ3) is 5.37. The lowest BCUT2D eigenvalue weighted by molar-refractivity contribution is -0.114. The molecular weight excluding hydrogens is 428 g/mol. The number of benzene rings is 3. The van der Waals surface area contributed by atoms with Gasteiger partial charge in [-0.1, -0.05) is 78.8 Å². The minimum atomic E-state index is -0.118. The predicted octanol–water partition coefficient (Wildman–Crippen LogP) is 5.86. The lowest BCUT2D eigenvalue weighted by Crippen LogP contribution is -2.36. The summed E-state index contributed by atoms with van der Waals surface area (Å²) in [6.07, 6.45) is 3.55. The second-order valence-electron chi connectivity index (χ2n) is 8.34. The van der Waals surface area contributed by atoms with Crippen molar-refractivity contribution in [2.45, 2.75) is 37.6 Å². The van der Waals surface area contributed by atoms with E-state index in [0.29, 0.717) is 10.5 Å². The Kier molecular flexibility index (Phi) is 6.99. The van der Waals surface area contributed by atoms with Crippen LogP contribution in [-0.4, -0.2) is 24.9 Å². The van der Waals surface area contributed by atoms with Gasteiger partial charge in [0.1, 0.15) is 0 Å². The zero-order valence-electron chi connectivity index (χ0n) is 19.2. The number of anilines is 1. The molecule has 0 fully saturated rings. The number of likely N-dealkylation sites (N-methyl/N-ethyl adjacent to an activating group) is 1. The van der Waals surface area contributed by atoms with Gasteiger partial charge >= 0.3 is 0 Å². The van der Waals surface area contributed by atoms with Crippen molar-refractivity contribution in [3.8, 4) is 0 Å². The van der Waals surface area contributed by atoms with Crippen LogP contribution in [0.4, 0.5) is 5.69 Å².